The summed E-state index contributed by atoms with van der Waals surface area (Å²) in [5, 5.41) is 4.54. The molecule has 86 valence electrons. The van der Waals surface area contributed by atoms with Gasteiger partial charge in [-0.1, -0.05) is 11.8 Å². The summed E-state index contributed by atoms with van der Waals surface area (Å²) < 4.78 is 0. The second-order valence-corrected chi connectivity index (χ2v) is 5.45. The molecule has 1 unspecified atom stereocenters. The van der Waals surface area contributed by atoms with E-state index in [1.165, 1.54) is 44.6 Å². The fraction of sp³-hybridized carbons (Fsp3) is 0.909. The lowest BCUT2D eigenvalue weighted by Crippen LogP contribution is -2.24. The van der Waals surface area contributed by atoms with Gasteiger partial charge in [0.25, 0.3) is 0 Å². The van der Waals surface area contributed by atoms with Gasteiger partial charge in [0, 0.05) is 18.3 Å². The van der Waals surface area contributed by atoms with Crippen LogP contribution in [0.25, 0.3) is 0 Å². The van der Waals surface area contributed by atoms with Gasteiger partial charge in [0.2, 0.25) is 0 Å². The minimum Gasteiger partial charge on any atom is -0.362 e. The number of aliphatic imine (C=N–C) groups is 1. The molecule has 2 aliphatic heterocycles. The van der Waals surface area contributed by atoms with E-state index in [1.54, 1.807) is 0 Å². The van der Waals surface area contributed by atoms with E-state index < -0.39 is 0 Å². The van der Waals surface area contributed by atoms with Crippen LogP contribution in [0.4, 0.5) is 0 Å². The Morgan fingerprint density at radius 1 is 1.47 bits per heavy atom. The van der Waals surface area contributed by atoms with E-state index in [0.717, 1.165) is 11.7 Å². The summed E-state index contributed by atoms with van der Waals surface area (Å²) in [6, 6.07) is 0.604. The Bertz CT molecular complexity index is 224. The molecule has 15 heavy (non-hydrogen) atoms. The fourth-order valence-electron chi connectivity index (χ4n) is 2.07. The summed E-state index contributed by atoms with van der Waals surface area (Å²) in [6.07, 6.45) is 3.99. The number of nitrogens with one attached hydrogen (secondary N) is 1. The quantitative estimate of drug-likeness (QED) is 0.739. The van der Waals surface area contributed by atoms with E-state index in [-0.39, 0.29) is 0 Å². The molecule has 0 aliphatic carbocycles. The Kier molecular flexibility index (Phi) is 4.32. The number of thioether (sulfide) groups is 1. The van der Waals surface area contributed by atoms with Crippen LogP contribution >= 0.6 is 11.8 Å². The molecule has 0 saturated carbocycles. The molecule has 2 rings (SSSR count). The molecule has 0 spiro atoms. The lowest BCUT2D eigenvalue weighted by molar-refractivity contribution is 0.336. The SMILES string of the molecule is CC1CSC(=NCCCN2CCCC2)N1. The van der Waals surface area contributed by atoms with Crippen molar-refractivity contribution in [3.63, 3.8) is 0 Å². The predicted molar refractivity (Wildman–Crippen MR) is 67.6 cm³/mol. The lowest BCUT2D eigenvalue weighted by Gasteiger charge is -2.12. The number of rotatable bonds is 4. The largest absolute Gasteiger partial charge is 0.362 e. The molecule has 2 fully saturated rings. The molecule has 2 heterocycles. The Labute approximate surface area is 96.7 Å². The normalized spacial score (nSPS) is 29.9. The zero-order valence-corrected chi connectivity index (χ0v) is 10.4. The Morgan fingerprint density at radius 2 is 2.27 bits per heavy atom. The van der Waals surface area contributed by atoms with E-state index in [9.17, 15) is 0 Å². The maximum atomic E-state index is 4.58. The third-order valence-corrected chi connectivity index (χ3v) is 4.11. The summed E-state index contributed by atoms with van der Waals surface area (Å²) >= 11 is 1.86. The van der Waals surface area contributed by atoms with Crippen LogP contribution in [0.3, 0.4) is 0 Å². The van der Waals surface area contributed by atoms with Crippen molar-refractivity contribution >= 4 is 16.9 Å². The van der Waals surface area contributed by atoms with Gasteiger partial charge in [-0.15, -0.1) is 0 Å². The van der Waals surface area contributed by atoms with Crippen LogP contribution < -0.4 is 5.32 Å². The number of amidine groups is 1. The van der Waals surface area contributed by atoms with Crippen molar-refractivity contribution in [1.82, 2.24) is 10.2 Å². The highest BCUT2D eigenvalue weighted by molar-refractivity contribution is 8.14. The number of hydrogen-bond acceptors (Lipinski definition) is 3. The maximum absolute atomic E-state index is 4.58. The molecule has 4 heteroatoms. The molecule has 1 atom stereocenters. The molecule has 0 amide bonds. The minimum atomic E-state index is 0.604. The van der Waals surface area contributed by atoms with Crippen LogP contribution in [0.5, 0.6) is 0 Å². The molecule has 2 aliphatic rings. The zero-order valence-electron chi connectivity index (χ0n) is 9.54. The van der Waals surface area contributed by atoms with E-state index in [1.807, 2.05) is 11.8 Å². The standard InChI is InChI=1S/C11H21N3S/c1-10-9-15-11(13-10)12-5-4-8-14-6-2-3-7-14/h10H,2-9H2,1H3,(H,12,13). The number of nitrogens with zero attached hydrogens (tertiary/aromatic N) is 2. The highest BCUT2D eigenvalue weighted by Gasteiger charge is 2.15. The molecule has 0 bridgehead atoms. The molecule has 2 saturated heterocycles. The van der Waals surface area contributed by atoms with Gasteiger partial charge in [0.05, 0.1) is 0 Å². The van der Waals surface area contributed by atoms with Crippen molar-refractivity contribution in [2.75, 3.05) is 31.9 Å². The van der Waals surface area contributed by atoms with E-state index >= 15 is 0 Å². The summed E-state index contributed by atoms with van der Waals surface area (Å²) in [5.74, 6) is 1.17. The van der Waals surface area contributed by atoms with Gasteiger partial charge in [-0.05, 0) is 45.8 Å². The Balaban J connectivity index is 1.58. The zero-order chi connectivity index (χ0) is 10.5. The Hall–Kier alpha value is -0.220. The topological polar surface area (TPSA) is 27.6 Å². The first-order valence-corrected chi connectivity index (χ1v) is 6.99. The second kappa shape index (κ2) is 5.75. The third kappa shape index (κ3) is 3.68. The van der Waals surface area contributed by atoms with Crippen LogP contribution in [0, 0.1) is 0 Å². The van der Waals surface area contributed by atoms with Gasteiger partial charge in [0.15, 0.2) is 5.17 Å². The third-order valence-electron chi connectivity index (χ3n) is 2.93. The van der Waals surface area contributed by atoms with E-state index in [2.05, 4.69) is 22.1 Å². The molecule has 3 nitrogen and oxygen atoms in total. The monoisotopic (exact) mass is 227 g/mol. The van der Waals surface area contributed by atoms with Crippen LogP contribution in [0.15, 0.2) is 4.99 Å². The highest BCUT2D eigenvalue weighted by Crippen LogP contribution is 2.13. The summed E-state index contributed by atoms with van der Waals surface area (Å²) in [6.45, 7) is 7.04. The Morgan fingerprint density at radius 3 is 2.93 bits per heavy atom. The minimum absolute atomic E-state index is 0.604. The summed E-state index contributed by atoms with van der Waals surface area (Å²) in [4.78, 5) is 7.13. The molecule has 0 aromatic rings. The van der Waals surface area contributed by atoms with E-state index in [0.29, 0.717) is 6.04 Å². The van der Waals surface area contributed by atoms with Crippen molar-refractivity contribution in [2.24, 2.45) is 4.99 Å². The fourth-order valence-corrected chi connectivity index (χ4v) is 3.03. The van der Waals surface area contributed by atoms with Crippen LogP contribution in [-0.2, 0) is 0 Å². The second-order valence-electron chi connectivity index (χ2n) is 4.45. The van der Waals surface area contributed by atoms with Gasteiger partial charge in [-0.3, -0.25) is 4.99 Å². The van der Waals surface area contributed by atoms with Crippen LogP contribution in [0.2, 0.25) is 0 Å². The van der Waals surface area contributed by atoms with Crippen LogP contribution in [-0.4, -0.2) is 48.0 Å². The van der Waals surface area contributed by atoms with Gasteiger partial charge in [-0.25, -0.2) is 0 Å². The first-order valence-electron chi connectivity index (χ1n) is 6.01. The van der Waals surface area contributed by atoms with Crippen molar-refractivity contribution in [2.45, 2.75) is 32.2 Å². The molecule has 0 aromatic heterocycles. The van der Waals surface area contributed by atoms with Crippen molar-refractivity contribution in [3.8, 4) is 0 Å². The number of likely N-dealkylation sites (tertiary alicyclic amines) is 1. The lowest BCUT2D eigenvalue weighted by atomic mass is 10.4. The van der Waals surface area contributed by atoms with Gasteiger partial charge in [-0.2, -0.15) is 0 Å². The molecule has 0 aromatic carbocycles. The molecule has 0 radical (unpaired) electrons. The van der Waals surface area contributed by atoms with E-state index in [4.69, 9.17) is 0 Å². The highest BCUT2D eigenvalue weighted by atomic mass is 32.2. The average Bonchev–Trinajstić information content (AvgIpc) is 2.84. The molecular formula is C11H21N3S. The van der Waals surface area contributed by atoms with Crippen molar-refractivity contribution in [3.05, 3.63) is 0 Å². The average molecular weight is 227 g/mol. The van der Waals surface area contributed by atoms with Crippen molar-refractivity contribution in [1.29, 1.82) is 0 Å². The van der Waals surface area contributed by atoms with Crippen molar-refractivity contribution < 1.29 is 0 Å². The van der Waals surface area contributed by atoms with Gasteiger partial charge >= 0.3 is 0 Å². The number of hydrogen-bond donors (Lipinski definition) is 1. The summed E-state index contributed by atoms with van der Waals surface area (Å²) in [5.41, 5.74) is 0. The first-order chi connectivity index (χ1) is 7.34. The van der Waals surface area contributed by atoms with Crippen LogP contribution in [0.1, 0.15) is 26.2 Å². The first kappa shape index (κ1) is 11.3. The predicted octanol–water partition coefficient (Wildman–Crippen LogP) is 1.55. The molecular weight excluding hydrogens is 206 g/mol. The van der Waals surface area contributed by atoms with Gasteiger partial charge < -0.3 is 10.2 Å². The molecule has 1 N–H and O–H groups in total. The summed E-state index contributed by atoms with van der Waals surface area (Å²) in [7, 11) is 0. The maximum Gasteiger partial charge on any atom is 0.156 e. The smallest absolute Gasteiger partial charge is 0.156 e. The van der Waals surface area contributed by atoms with Gasteiger partial charge in [0.1, 0.15) is 0 Å².